The summed E-state index contributed by atoms with van der Waals surface area (Å²) in [4.78, 5) is 12.7. The number of rotatable bonds is 3. The van der Waals surface area contributed by atoms with Crippen molar-refractivity contribution in [3.05, 3.63) is 29.8 Å². The molecule has 120 valence electrons. The van der Waals surface area contributed by atoms with Crippen LogP contribution in [0.5, 0.6) is 5.75 Å². The predicted molar refractivity (Wildman–Crippen MR) is 86.5 cm³/mol. The van der Waals surface area contributed by atoms with Crippen molar-refractivity contribution in [1.29, 1.82) is 0 Å². The van der Waals surface area contributed by atoms with Crippen molar-refractivity contribution in [3.63, 3.8) is 0 Å². The Balaban J connectivity index is 1.78. The maximum Gasteiger partial charge on any atom is 0.223 e. The van der Waals surface area contributed by atoms with Crippen LogP contribution in [0.25, 0.3) is 0 Å². The Morgan fingerprint density at radius 1 is 1.36 bits per heavy atom. The zero-order valence-corrected chi connectivity index (χ0v) is 13.5. The van der Waals surface area contributed by atoms with Crippen LogP contribution in [0.4, 0.5) is 0 Å². The van der Waals surface area contributed by atoms with Crippen LogP contribution >= 0.6 is 0 Å². The van der Waals surface area contributed by atoms with E-state index in [2.05, 4.69) is 19.2 Å². The first kappa shape index (κ1) is 15.3. The standard InChI is InChI=1S/C18H26N2O2/c1-18(2)10-15(14-7-3-4-9-16(14)22-18)20-17(21)13-8-5-6-12(13)11-19/h3-4,7,9,12-13,15H,5-6,8,10-11,19H2,1-2H3,(H,20,21)/t12-,13-,15?/m1/s1. The van der Waals surface area contributed by atoms with Crippen LogP contribution < -0.4 is 15.8 Å². The van der Waals surface area contributed by atoms with Crippen molar-refractivity contribution in [2.45, 2.75) is 51.2 Å². The quantitative estimate of drug-likeness (QED) is 0.902. The average molecular weight is 302 g/mol. The summed E-state index contributed by atoms with van der Waals surface area (Å²) in [5.41, 5.74) is 6.63. The maximum atomic E-state index is 12.7. The number of carbonyl (C=O) groups is 1. The topological polar surface area (TPSA) is 64.4 Å². The number of benzene rings is 1. The van der Waals surface area contributed by atoms with E-state index in [0.29, 0.717) is 12.5 Å². The molecule has 3 atom stereocenters. The van der Waals surface area contributed by atoms with Gasteiger partial charge >= 0.3 is 0 Å². The number of ether oxygens (including phenoxy) is 1. The highest BCUT2D eigenvalue weighted by molar-refractivity contribution is 5.80. The van der Waals surface area contributed by atoms with Gasteiger partial charge in [-0.25, -0.2) is 0 Å². The molecule has 1 fully saturated rings. The molecule has 3 rings (SSSR count). The molecular formula is C18H26N2O2. The van der Waals surface area contributed by atoms with Crippen LogP contribution in [0, 0.1) is 11.8 Å². The second-order valence-electron chi connectivity index (χ2n) is 7.20. The Morgan fingerprint density at radius 3 is 2.91 bits per heavy atom. The van der Waals surface area contributed by atoms with Crippen molar-refractivity contribution in [2.24, 2.45) is 17.6 Å². The fourth-order valence-electron chi connectivity index (χ4n) is 3.87. The van der Waals surface area contributed by atoms with Crippen LogP contribution in [0.2, 0.25) is 0 Å². The van der Waals surface area contributed by atoms with E-state index >= 15 is 0 Å². The van der Waals surface area contributed by atoms with Crippen molar-refractivity contribution >= 4 is 5.91 Å². The molecule has 1 aromatic carbocycles. The van der Waals surface area contributed by atoms with E-state index in [1.807, 2.05) is 24.3 Å². The summed E-state index contributed by atoms with van der Waals surface area (Å²) in [6, 6.07) is 8.02. The lowest BCUT2D eigenvalue weighted by Gasteiger charge is -2.38. The molecule has 1 heterocycles. The fourth-order valence-corrected chi connectivity index (χ4v) is 3.87. The third-order valence-corrected chi connectivity index (χ3v) is 4.99. The second-order valence-corrected chi connectivity index (χ2v) is 7.20. The molecular weight excluding hydrogens is 276 g/mol. The number of amides is 1. The normalized spacial score (nSPS) is 29.5. The zero-order chi connectivity index (χ0) is 15.7. The lowest BCUT2D eigenvalue weighted by Crippen LogP contribution is -2.43. The number of hydrogen-bond donors (Lipinski definition) is 2. The minimum Gasteiger partial charge on any atom is -0.487 e. The highest BCUT2D eigenvalue weighted by Gasteiger charge is 2.37. The van der Waals surface area contributed by atoms with Gasteiger partial charge in [-0.15, -0.1) is 0 Å². The number of nitrogens with two attached hydrogens (primary N) is 1. The Bertz CT molecular complexity index is 556. The molecule has 0 radical (unpaired) electrons. The van der Waals surface area contributed by atoms with Crippen molar-refractivity contribution in [1.82, 2.24) is 5.32 Å². The van der Waals surface area contributed by atoms with E-state index < -0.39 is 0 Å². The summed E-state index contributed by atoms with van der Waals surface area (Å²) in [5, 5.41) is 3.26. The molecule has 1 unspecified atom stereocenters. The van der Waals surface area contributed by atoms with Crippen LogP contribution in [0.3, 0.4) is 0 Å². The van der Waals surface area contributed by atoms with Gasteiger partial charge in [0, 0.05) is 17.9 Å². The molecule has 22 heavy (non-hydrogen) atoms. The molecule has 1 saturated carbocycles. The average Bonchev–Trinajstić information content (AvgIpc) is 2.94. The van der Waals surface area contributed by atoms with Gasteiger partial charge in [0.15, 0.2) is 0 Å². The van der Waals surface area contributed by atoms with Gasteiger partial charge < -0.3 is 15.8 Å². The Hall–Kier alpha value is -1.55. The van der Waals surface area contributed by atoms with Crippen LogP contribution in [0.1, 0.15) is 51.1 Å². The second kappa shape index (κ2) is 5.92. The number of hydrogen-bond acceptors (Lipinski definition) is 3. The summed E-state index contributed by atoms with van der Waals surface area (Å²) >= 11 is 0. The monoisotopic (exact) mass is 302 g/mol. The zero-order valence-electron chi connectivity index (χ0n) is 13.5. The third kappa shape index (κ3) is 2.98. The summed E-state index contributed by atoms with van der Waals surface area (Å²) in [5.74, 6) is 1.45. The van der Waals surface area contributed by atoms with E-state index in [-0.39, 0.29) is 23.5 Å². The smallest absolute Gasteiger partial charge is 0.223 e. The predicted octanol–water partition coefficient (Wildman–Crippen LogP) is 2.78. The van der Waals surface area contributed by atoms with E-state index in [9.17, 15) is 4.79 Å². The van der Waals surface area contributed by atoms with E-state index in [0.717, 1.165) is 37.0 Å². The fraction of sp³-hybridized carbons (Fsp3) is 0.611. The van der Waals surface area contributed by atoms with Crippen molar-refractivity contribution in [2.75, 3.05) is 6.54 Å². The van der Waals surface area contributed by atoms with Gasteiger partial charge in [-0.05, 0) is 45.2 Å². The van der Waals surface area contributed by atoms with Gasteiger partial charge in [0.1, 0.15) is 11.4 Å². The highest BCUT2D eigenvalue weighted by atomic mass is 16.5. The lowest BCUT2D eigenvalue weighted by molar-refractivity contribution is -0.127. The molecule has 0 aromatic heterocycles. The number of nitrogens with one attached hydrogen (secondary N) is 1. The minimum absolute atomic E-state index is 0.0199. The minimum atomic E-state index is -0.269. The van der Waals surface area contributed by atoms with E-state index in [4.69, 9.17) is 10.5 Å². The molecule has 0 bridgehead atoms. The molecule has 3 N–H and O–H groups in total. The van der Waals surface area contributed by atoms with Gasteiger partial charge in [0.25, 0.3) is 0 Å². The molecule has 1 aromatic rings. The van der Waals surface area contributed by atoms with Gasteiger partial charge in [-0.3, -0.25) is 4.79 Å². The highest BCUT2D eigenvalue weighted by Crippen LogP contribution is 2.40. The molecule has 0 spiro atoms. The SMILES string of the molecule is CC1(C)CC(NC(=O)[C@@H]2CCC[C@@H]2CN)c2ccccc2O1. The van der Waals surface area contributed by atoms with E-state index in [1.165, 1.54) is 0 Å². The Labute approximate surface area is 132 Å². The summed E-state index contributed by atoms with van der Waals surface area (Å²) in [6.45, 7) is 4.74. The van der Waals surface area contributed by atoms with Crippen LogP contribution in [0.15, 0.2) is 24.3 Å². The number of para-hydroxylation sites is 1. The van der Waals surface area contributed by atoms with Gasteiger partial charge in [-0.2, -0.15) is 0 Å². The van der Waals surface area contributed by atoms with Gasteiger partial charge in [-0.1, -0.05) is 24.6 Å². The maximum absolute atomic E-state index is 12.7. The molecule has 1 amide bonds. The Morgan fingerprint density at radius 2 is 2.14 bits per heavy atom. The largest absolute Gasteiger partial charge is 0.487 e. The molecule has 2 aliphatic rings. The number of fused-ring (bicyclic) bond motifs is 1. The molecule has 0 saturated heterocycles. The van der Waals surface area contributed by atoms with Crippen molar-refractivity contribution < 1.29 is 9.53 Å². The van der Waals surface area contributed by atoms with E-state index in [1.54, 1.807) is 0 Å². The van der Waals surface area contributed by atoms with Crippen molar-refractivity contribution in [3.8, 4) is 5.75 Å². The first-order valence-electron chi connectivity index (χ1n) is 8.28. The lowest BCUT2D eigenvalue weighted by atomic mass is 9.88. The number of carbonyl (C=O) groups excluding carboxylic acids is 1. The molecule has 4 nitrogen and oxygen atoms in total. The van der Waals surface area contributed by atoms with Gasteiger partial charge in [0.05, 0.1) is 6.04 Å². The van der Waals surface area contributed by atoms with Crippen LogP contribution in [-0.2, 0) is 4.79 Å². The molecule has 4 heteroatoms. The first-order valence-corrected chi connectivity index (χ1v) is 8.28. The first-order chi connectivity index (χ1) is 10.5. The summed E-state index contributed by atoms with van der Waals surface area (Å²) < 4.78 is 6.03. The molecule has 1 aliphatic heterocycles. The molecule has 1 aliphatic carbocycles. The van der Waals surface area contributed by atoms with Crippen LogP contribution in [-0.4, -0.2) is 18.1 Å². The third-order valence-electron chi connectivity index (χ3n) is 4.99. The Kier molecular flexibility index (Phi) is 4.13. The van der Waals surface area contributed by atoms with Gasteiger partial charge in [0.2, 0.25) is 5.91 Å². The summed E-state index contributed by atoms with van der Waals surface area (Å²) in [6.07, 6.45) is 3.93. The summed E-state index contributed by atoms with van der Waals surface area (Å²) in [7, 11) is 0.